The van der Waals surface area contributed by atoms with Crippen LogP contribution in [0.25, 0.3) is 0 Å². The molecule has 0 aromatic heterocycles. The van der Waals surface area contributed by atoms with Crippen molar-refractivity contribution < 1.29 is 13.2 Å². The van der Waals surface area contributed by atoms with Gasteiger partial charge in [-0.05, 0) is 42.8 Å². The van der Waals surface area contributed by atoms with Crippen LogP contribution in [-0.2, 0) is 20.6 Å². The molecule has 3 aromatic carbocycles. The van der Waals surface area contributed by atoms with Crippen molar-refractivity contribution in [3.05, 3.63) is 94.0 Å². The summed E-state index contributed by atoms with van der Waals surface area (Å²) in [6.07, 6.45) is 0. The number of nitrogens with one attached hydrogen (secondary N) is 1. The van der Waals surface area contributed by atoms with E-state index in [1.165, 1.54) is 41.5 Å². The number of hydrogen-bond donors (Lipinski definition) is 1. The minimum absolute atomic E-state index is 0.0718. The van der Waals surface area contributed by atoms with Crippen molar-refractivity contribution in [2.45, 2.75) is 17.6 Å². The third-order valence-electron chi connectivity index (χ3n) is 4.71. The SMILES string of the molecule is Cc1ccc(CSCCNC(=O)CN(c2cc(Cl)cc(Cl)c2)S(=O)(=O)c2ccccc2)cc1. The number of nitrogens with zero attached hydrogens (tertiary/aromatic N) is 1. The number of rotatable bonds is 10. The standard InChI is InChI=1S/C24H24Cl2N2O3S2/c1-18-7-9-19(10-8-18)17-32-12-11-27-24(29)16-28(22-14-20(25)13-21(26)15-22)33(30,31)23-5-3-2-4-6-23/h2-10,13-15H,11-12,16-17H2,1H3,(H,27,29). The van der Waals surface area contributed by atoms with E-state index >= 15 is 0 Å². The average Bonchev–Trinajstić information content (AvgIpc) is 2.78. The van der Waals surface area contributed by atoms with E-state index in [9.17, 15) is 13.2 Å². The number of benzene rings is 3. The largest absolute Gasteiger partial charge is 0.354 e. The molecular weight excluding hydrogens is 499 g/mol. The number of halogens is 2. The summed E-state index contributed by atoms with van der Waals surface area (Å²) in [6.45, 7) is 2.08. The zero-order valence-electron chi connectivity index (χ0n) is 18.0. The molecule has 0 fully saturated rings. The predicted molar refractivity (Wildman–Crippen MR) is 138 cm³/mol. The van der Waals surface area contributed by atoms with Crippen LogP contribution in [0.5, 0.6) is 0 Å². The molecule has 0 saturated carbocycles. The first-order chi connectivity index (χ1) is 15.8. The first kappa shape index (κ1) is 25.4. The van der Waals surface area contributed by atoms with Crippen LogP contribution in [-0.4, -0.2) is 33.2 Å². The molecule has 0 saturated heterocycles. The zero-order chi connectivity index (χ0) is 23.8. The van der Waals surface area contributed by atoms with Crippen LogP contribution in [0.2, 0.25) is 10.0 Å². The van der Waals surface area contributed by atoms with E-state index in [-0.39, 0.29) is 20.6 Å². The average molecular weight is 524 g/mol. The molecule has 0 spiro atoms. The highest BCUT2D eigenvalue weighted by Gasteiger charge is 2.27. The summed E-state index contributed by atoms with van der Waals surface area (Å²) in [5, 5.41) is 3.35. The summed E-state index contributed by atoms with van der Waals surface area (Å²) in [5.74, 6) is 1.13. The van der Waals surface area contributed by atoms with E-state index in [0.29, 0.717) is 12.3 Å². The predicted octanol–water partition coefficient (Wildman–Crippen LogP) is 5.55. The Bertz CT molecular complexity index is 1170. The molecule has 0 bridgehead atoms. The number of hydrogen-bond acceptors (Lipinski definition) is 4. The molecule has 1 amide bonds. The highest BCUT2D eigenvalue weighted by atomic mass is 35.5. The van der Waals surface area contributed by atoms with Crippen molar-refractivity contribution >= 4 is 56.6 Å². The lowest BCUT2D eigenvalue weighted by molar-refractivity contribution is -0.119. The number of carbonyl (C=O) groups is 1. The van der Waals surface area contributed by atoms with E-state index in [1.54, 1.807) is 30.0 Å². The molecule has 0 radical (unpaired) electrons. The number of amides is 1. The minimum Gasteiger partial charge on any atom is -0.354 e. The summed E-state index contributed by atoms with van der Waals surface area (Å²) in [6, 6.07) is 20.7. The van der Waals surface area contributed by atoms with Gasteiger partial charge in [0.2, 0.25) is 5.91 Å². The highest BCUT2D eigenvalue weighted by molar-refractivity contribution is 7.98. The maximum Gasteiger partial charge on any atom is 0.264 e. The summed E-state index contributed by atoms with van der Waals surface area (Å²) in [4.78, 5) is 12.7. The van der Waals surface area contributed by atoms with Crippen molar-refractivity contribution in [1.82, 2.24) is 5.32 Å². The monoisotopic (exact) mass is 522 g/mol. The van der Waals surface area contributed by atoms with Crippen LogP contribution in [0.4, 0.5) is 5.69 Å². The van der Waals surface area contributed by atoms with Gasteiger partial charge in [0.1, 0.15) is 6.54 Å². The van der Waals surface area contributed by atoms with E-state index < -0.39 is 22.5 Å². The second kappa shape index (κ2) is 11.8. The lowest BCUT2D eigenvalue weighted by Crippen LogP contribution is -2.41. The molecule has 3 aromatic rings. The lowest BCUT2D eigenvalue weighted by atomic mass is 10.2. The maximum absolute atomic E-state index is 13.3. The zero-order valence-corrected chi connectivity index (χ0v) is 21.1. The molecule has 0 aliphatic heterocycles. The van der Waals surface area contributed by atoms with Crippen molar-refractivity contribution in [3.63, 3.8) is 0 Å². The van der Waals surface area contributed by atoms with Crippen LogP contribution in [0.15, 0.2) is 77.7 Å². The van der Waals surface area contributed by atoms with Crippen LogP contribution < -0.4 is 9.62 Å². The van der Waals surface area contributed by atoms with Crippen molar-refractivity contribution in [2.75, 3.05) is 23.1 Å². The molecule has 0 unspecified atom stereocenters. The Balaban J connectivity index is 1.65. The van der Waals surface area contributed by atoms with Gasteiger partial charge in [0.15, 0.2) is 0 Å². The first-order valence-electron chi connectivity index (χ1n) is 10.2. The van der Waals surface area contributed by atoms with Crippen molar-refractivity contribution in [1.29, 1.82) is 0 Å². The molecule has 5 nitrogen and oxygen atoms in total. The molecule has 9 heteroatoms. The molecule has 3 rings (SSSR count). The fourth-order valence-electron chi connectivity index (χ4n) is 3.04. The lowest BCUT2D eigenvalue weighted by Gasteiger charge is -2.24. The van der Waals surface area contributed by atoms with Gasteiger partial charge in [0, 0.05) is 28.1 Å². The fraction of sp³-hybridized carbons (Fsp3) is 0.208. The Morgan fingerprint density at radius 1 is 0.970 bits per heavy atom. The second-order valence-electron chi connectivity index (χ2n) is 7.34. The first-order valence-corrected chi connectivity index (χ1v) is 13.5. The normalized spacial score (nSPS) is 11.2. The Morgan fingerprint density at radius 2 is 1.61 bits per heavy atom. The number of anilines is 1. The molecule has 33 heavy (non-hydrogen) atoms. The summed E-state index contributed by atoms with van der Waals surface area (Å²) >= 11 is 13.9. The Hall–Kier alpha value is -2.19. The second-order valence-corrected chi connectivity index (χ2v) is 11.2. The van der Waals surface area contributed by atoms with E-state index in [1.807, 2.05) is 6.92 Å². The van der Waals surface area contributed by atoms with Crippen molar-refractivity contribution in [2.24, 2.45) is 0 Å². The van der Waals surface area contributed by atoms with E-state index in [2.05, 4.69) is 29.6 Å². The molecular formula is C24H24Cl2N2O3S2. The Morgan fingerprint density at radius 3 is 2.24 bits per heavy atom. The number of thioether (sulfide) groups is 1. The molecule has 0 atom stereocenters. The molecule has 0 aliphatic rings. The van der Waals surface area contributed by atoms with Gasteiger partial charge < -0.3 is 5.32 Å². The Kier molecular flexibility index (Phi) is 9.09. The van der Waals surface area contributed by atoms with Crippen LogP contribution >= 0.6 is 35.0 Å². The van der Waals surface area contributed by atoms with Gasteiger partial charge in [-0.3, -0.25) is 9.10 Å². The third-order valence-corrected chi connectivity index (χ3v) is 7.97. The number of aryl methyl sites for hydroxylation is 1. The molecule has 0 heterocycles. The topological polar surface area (TPSA) is 66.5 Å². The molecule has 174 valence electrons. The summed E-state index contributed by atoms with van der Waals surface area (Å²) < 4.78 is 27.6. The Labute approximate surface area is 209 Å². The van der Waals surface area contributed by atoms with Crippen LogP contribution in [0, 0.1) is 6.92 Å². The summed E-state index contributed by atoms with van der Waals surface area (Å²) in [5.41, 5.74) is 2.65. The fourth-order valence-corrected chi connectivity index (χ4v) is 5.80. The molecule has 1 N–H and O–H groups in total. The van der Waals surface area contributed by atoms with Gasteiger partial charge in [-0.15, -0.1) is 0 Å². The number of sulfonamides is 1. The quantitative estimate of drug-likeness (QED) is 0.354. The maximum atomic E-state index is 13.3. The van der Waals surface area contributed by atoms with E-state index in [4.69, 9.17) is 23.2 Å². The number of carbonyl (C=O) groups excluding carboxylic acids is 1. The van der Waals surface area contributed by atoms with Crippen LogP contribution in [0.3, 0.4) is 0 Å². The van der Waals surface area contributed by atoms with Gasteiger partial charge in [-0.25, -0.2) is 8.42 Å². The summed E-state index contributed by atoms with van der Waals surface area (Å²) in [7, 11) is -4.01. The highest BCUT2D eigenvalue weighted by Crippen LogP contribution is 2.29. The van der Waals surface area contributed by atoms with Crippen molar-refractivity contribution in [3.8, 4) is 0 Å². The van der Waals surface area contributed by atoms with Gasteiger partial charge in [0.05, 0.1) is 10.6 Å². The van der Waals surface area contributed by atoms with Gasteiger partial charge in [0.25, 0.3) is 10.0 Å². The third kappa shape index (κ3) is 7.40. The van der Waals surface area contributed by atoms with Gasteiger partial charge >= 0.3 is 0 Å². The van der Waals surface area contributed by atoms with Gasteiger partial charge in [-0.2, -0.15) is 11.8 Å². The van der Waals surface area contributed by atoms with Gasteiger partial charge in [-0.1, -0.05) is 71.2 Å². The smallest absolute Gasteiger partial charge is 0.264 e. The minimum atomic E-state index is -4.01. The molecule has 0 aliphatic carbocycles. The van der Waals surface area contributed by atoms with Crippen LogP contribution in [0.1, 0.15) is 11.1 Å². The van der Waals surface area contributed by atoms with E-state index in [0.717, 1.165) is 10.1 Å².